The Hall–Kier alpha value is -3.04. The van der Waals surface area contributed by atoms with E-state index in [1.807, 2.05) is 0 Å². The number of ether oxygens (including phenoxy) is 1. The predicted molar refractivity (Wildman–Crippen MR) is 103 cm³/mol. The minimum atomic E-state index is -0.807. The van der Waals surface area contributed by atoms with Crippen LogP contribution in [0.4, 0.5) is 0 Å². The van der Waals surface area contributed by atoms with E-state index >= 15 is 0 Å². The van der Waals surface area contributed by atoms with Gasteiger partial charge in [0.1, 0.15) is 12.3 Å². The summed E-state index contributed by atoms with van der Waals surface area (Å²) in [7, 11) is 0. The molecule has 1 aromatic heterocycles. The highest BCUT2D eigenvalue weighted by Gasteiger charge is 2.13. The molecule has 1 heterocycles. The molecule has 0 saturated heterocycles. The minimum Gasteiger partial charge on any atom is -0.467 e. The van der Waals surface area contributed by atoms with Crippen LogP contribution in [0, 0.1) is 0 Å². The zero-order valence-corrected chi connectivity index (χ0v) is 16.5. The topological polar surface area (TPSA) is 127 Å². The quantitative estimate of drug-likeness (QED) is 0.503. The zero-order valence-electron chi connectivity index (χ0n) is 15.0. The molecule has 3 N–H and O–H groups in total. The van der Waals surface area contributed by atoms with Crippen LogP contribution >= 0.6 is 23.2 Å². The van der Waals surface area contributed by atoms with Crippen LogP contribution in [0.15, 0.2) is 41.0 Å². The smallest absolute Gasteiger partial charge is 0.325 e. The minimum absolute atomic E-state index is 0.143. The van der Waals surface area contributed by atoms with E-state index in [0.29, 0.717) is 10.8 Å². The van der Waals surface area contributed by atoms with Gasteiger partial charge in [-0.05, 0) is 30.3 Å². The number of amides is 3. The summed E-state index contributed by atoms with van der Waals surface area (Å²) in [4.78, 5) is 46.8. The van der Waals surface area contributed by atoms with Gasteiger partial charge in [-0.2, -0.15) is 0 Å². The average molecular weight is 442 g/mol. The van der Waals surface area contributed by atoms with Crippen LogP contribution in [0.3, 0.4) is 0 Å². The second-order valence-corrected chi connectivity index (χ2v) is 6.44. The van der Waals surface area contributed by atoms with E-state index in [-0.39, 0.29) is 23.7 Å². The van der Waals surface area contributed by atoms with Crippen molar-refractivity contribution in [3.8, 4) is 0 Å². The van der Waals surface area contributed by atoms with Gasteiger partial charge in [-0.25, -0.2) is 0 Å². The van der Waals surface area contributed by atoms with Crippen LogP contribution < -0.4 is 16.0 Å². The number of hydrogen-bond acceptors (Lipinski definition) is 6. The fourth-order valence-electron chi connectivity index (χ4n) is 2.01. The van der Waals surface area contributed by atoms with Crippen LogP contribution in [-0.4, -0.2) is 43.4 Å². The number of benzene rings is 1. The van der Waals surface area contributed by atoms with Crippen molar-refractivity contribution in [3.05, 3.63) is 58.0 Å². The first kappa shape index (κ1) is 22.3. The number of furan rings is 1. The summed E-state index contributed by atoms with van der Waals surface area (Å²) in [5, 5.41) is 7.63. The SMILES string of the molecule is O=C(CNC(=O)c1ccc(Cl)cc1Cl)NCC(=O)OCC(=O)NCc1ccco1. The fraction of sp³-hybridized carbons (Fsp3) is 0.222. The molecule has 0 fully saturated rings. The third kappa shape index (κ3) is 7.84. The van der Waals surface area contributed by atoms with E-state index in [9.17, 15) is 19.2 Å². The Morgan fingerprint density at radius 1 is 0.966 bits per heavy atom. The van der Waals surface area contributed by atoms with E-state index in [4.69, 9.17) is 32.4 Å². The van der Waals surface area contributed by atoms with Gasteiger partial charge in [-0.1, -0.05) is 23.2 Å². The molecule has 154 valence electrons. The first-order chi connectivity index (χ1) is 13.8. The van der Waals surface area contributed by atoms with Crippen LogP contribution in [0.1, 0.15) is 16.1 Å². The molecule has 0 aliphatic heterocycles. The van der Waals surface area contributed by atoms with Gasteiger partial charge in [0, 0.05) is 5.02 Å². The van der Waals surface area contributed by atoms with E-state index in [2.05, 4.69) is 16.0 Å². The molecule has 0 aliphatic carbocycles. The maximum absolute atomic E-state index is 12.0. The summed E-state index contributed by atoms with van der Waals surface area (Å²) in [6.07, 6.45) is 1.47. The van der Waals surface area contributed by atoms with Gasteiger partial charge in [0.2, 0.25) is 5.91 Å². The molecule has 0 unspecified atom stereocenters. The Morgan fingerprint density at radius 2 is 1.76 bits per heavy atom. The van der Waals surface area contributed by atoms with Gasteiger partial charge in [0.05, 0.1) is 29.9 Å². The number of carbonyl (C=O) groups is 4. The molecule has 3 amide bonds. The van der Waals surface area contributed by atoms with Gasteiger partial charge in [-0.3, -0.25) is 19.2 Å². The molecule has 0 radical (unpaired) electrons. The lowest BCUT2D eigenvalue weighted by atomic mass is 10.2. The highest BCUT2D eigenvalue weighted by Crippen LogP contribution is 2.20. The zero-order chi connectivity index (χ0) is 21.2. The molecule has 0 saturated carbocycles. The molecule has 11 heteroatoms. The molecule has 29 heavy (non-hydrogen) atoms. The first-order valence-electron chi connectivity index (χ1n) is 8.30. The number of esters is 1. The lowest BCUT2D eigenvalue weighted by Crippen LogP contribution is -2.40. The van der Waals surface area contributed by atoms with Gasteiger partial charge in [0.15, 0.2) is 6.61 Å². The molecule has 9 nitrogen and oxygen atoms in total. The predicted octanol–water partition coefficient (Wildman–Crippen LogP) is 1.29. The fourth-order valence-corrected chi connectivity index (χ4v) is 2.50. The summed E-state index contributed by atoms with van der Waals surface area (Å²) >= 11 is 11.7. The molecule has 2 rings (SSSR count). The van der Waals surface area contributed by atoms with Gasteiger partial charge in [-0.15, -0.1) is 0 Å². The monoisotopic (exact) mass is 441 g/mol. The Morgan fingerprint density at radius 3 is 2.45 bits per heavy atom. The van der Waals surface area contributed by atoms with Crippen LogP contribution in [0.5, 0.6) is 0 Å². The third-order valence-corrected chi connectivity index (χ3v) is 3.97. The summed E-state index contributed by atoms with van der Waals surface area (Å²) in [6.45, 7) is -1.17. The normalized spacial score (nSPS) is 10.1. The third-order valence-electron chi connectivity index (χ3n) is 3.42. The Bertz CT molecular complexity index is 886. The van der Waals surface area contributed by atoms with Gasteiger partial charge >= 0.3 is 5.97 Å². The van der Waals surface area contributed by atoms with Crippen LogP contribution in [0.2, 0.25) is 10.0 Å². The van der Waals surface area contributed by atoms with Crippen molar-refractivity contribution in [2.45, 2.75) is 6.54 Å². The van der Waals surface area contributed by atoms with E-state index in [0.717, 1.165) is 0 Å². The maximum Gasteiger partial charge on any atom is 0.325 e. The van der Waals surface area contributed by atoms with Crippen molar-refractivity contribution in [1.82, 2.24) is 16.0 Å². The van der Waals surface area contributed by atoms with E-state index in [1.54, 1.807) is 12.1 Å². The summed E-state index contributed by atoms with van der Waals surface area (Å²) < 4.78 is 9.77. The molecular weight excluding hydrogens is 425 g/mol. The average Bonchev–Trinajstić information content (AvgIpc) is 3.21. The molecule has 0 spiro atoms. The van der Waals surface area contributed by atoms with Crippen LogP contribution in [0.25, 0.3) is 0 Å². The largest absolute Gasteiger partial charge is 0.467 e. The second kappa shape index (κ2) is 11.1. The molecular formula is C18H17Cl2N3O6. The Balaban J connectivity index is 1.62. The molecule has 0 aliphatic rings. The van der Waals surface area contributed by atoms with Gasteiger partial charge < -0.3 is 25.1 Å². The van der Waals surface area contributed by atoms with E-state index in [1.165, 1.54) is 24.5 Å². The molecule has 0 atom stereocenters. The number of hydrogen-bond donors (Lipinski definition) is 3. The van der Waals surface area contributed by atoms with Crippen molar-refractivity contribution >= 4 is 46.9 Å². The van der Waals surface area contributed by atoms with E-state index < -0.39 is 36.8 Å². The highest BCUT2D eigenvalue weighted by molar-refractivity contribution is 6.36. The summed E-state index contributed by atoms with van der Waals surface area (Å²) in [6, 6.07) is 7.67. The Kier molecular flexibility index (Phi) is 8.50. The molecule has 2 aromatic rings. The number of halogens is 2. The number of rotatable bonds is 9. The highest BCUT2D eigenvalue weighted by atomic mass is 35.5. The van der Waals surface area contributed by atoms with Crippen molar-refractivity contribution in [2.75, 3.05) is 19.7 Å². The standard InChI is InChI=1S/C18H17Cl2N3O6/c19-11-3-4-13(14(20)6-11)18(27)23-8-15(24)22-9-17(26)29-10-16(25)21-7-12-2-1-5-28-12/h1-6H,7-10H2,(H,21,25)(H,22,24)(H,23,27). The lowest BCUT2D eigenvalue weighted by Gasteiger charge is -2.08. The Labute approximate surface area is 175 Å². The number of carbonyl (C=O) groups excluding carboxylic acids is 4. The molecule has 1 aromatic carbocycles. The van der Waals surface area contributed by atoms with Crippen molar-refractivity contribution in [2.24, 2.45) is 0 Å². The van der Waals surface area contributed by atoms with Gasteiger partial charge in [0.25, 0.3) is 11.8 Å². The van der Waals surface area contributed by atoms with Crippen molar-refractivity contribution < 1.29 is 28.3 Å². The maximum atomic E-state index is 12.0. The second-order valence-electron chi connectivity index (χ2n) is 5.60. The van der Waals surface area contributed by atoms with Crippen molar-refractivity contribution in [3.63, 3.8) is 0 Å². The molecule has 0 bridgehead atoms. The number of nitrogens with one attached hydrogen (secondary N) is 3. The first-order valence-corrected chi connectivity index (χ1v) is 9.05. The van der Waals surface area contributed by atoms with Crippen molar-refractivity contribution in [1.29, 1.82) is 0 Å². The summed E-state index contributed by atoms with van der Waals surface area (Å²) in [5.41, 5.74) is 0.156. The van der Waals surface area contributed by atoms with Crippen LogP contribution in [-0.2, 0) is 25.7 Å². The lowest BCUT2D eigenvalue weighted by molar-refractivity contribution is -0.148. The summed E-state index contributed by atoms with van der Waals surface area (Å²) in [5.74, 6) is -1.97.